The summed E-state index contributed by atoms with van der Waals surface area (Å²) in [7, 11) is 0. The Morgan fingerprint density at radius 2 is 1.82 bits per heavy atom. The van der Waals surface area contributed by atoms with Crippen LogP contribution in [0.3, 0.4) is 0 Å². The van der Waals surface area contributed by atoms with E-state index in [1.54, 1.807) is 11.3 Å². The van der Waals surface area contributed by atoms with Crippen molar-refractivity contribution < 1.29 is 9.47 Å². The number of thiazole rings is 1. The molecule has 1 fully saturated rings. The summed E-state index contributed by atoms with van der Waals surface area (Å²) in [5.74, 6) is 1.89. The zero-order valence-corrected chi connectivity index (χ0v) is 20.1. The van der Waals surface area contributed by atoms with Crippen LogP contribution in [0.4, 0.5) is 0 Å². The first kappa shape index (κ1) is 22.4. The molecule has 0 aliphatic heterocycles. The Balaban J connectivity index is 1.10. The number of nitrogens with zero attached hydrogens (tertiary/aromatic N) is 7. The minimum Gasteiger partial charge on any atom is -0.487 e. The lowest BCUT2D eigenvalue weighted by Crippen LogP contribution is -2.24. The maximum atomic E-state index is 6.00. The molecule has 0 N–H and O–H groups in total. The normalized spacial score (nSPS) is 18.1. The van der Waals surface area contributed by atoms with Crippen LogP contribution >= 0.6 is 11.3 Å². The molecule has 0 radical (unpaired) electrons. The third-order valence-electron chi connectivity index (χ3n) is 5.92. The number of ether oxygens (including phenoxy) is 2. The fourth-order valence-corrected chi connectivity index (χ4v) is 4.94. The average Bonchev–Trinajstić information content (AvgIpc) is 3.53. The number of aromatic nitrogens is 7. The molecule has 1 aliphatic rings. The Kier molecular flexibility index (Phi) is 6.75. The quantitative estimate of drug-likeness (QED) is 0.367. The molecule has 34 heavy (non-hydrogen) atoms. The minimum absolute atomic E-state index is 0.172. The van der Waals surface area contributed by atoms with Crippen LogP contribution in [0, 0.1) is 6.92 Å². The SMILES string of the molecule is CCc1cnc(OC2CCC(c3nc(COc4ccc(-n5nnc(C)n5)cc4)cs3)CC2)nc1. The van der Waals surface area contributed by atoms with E-state index in [2.05, 4.69) is 37.7 Å². The van der Waals surface area contributed by atoms with Gasteiger partial charge in [0.25, 0.3) is 0 Å². The summed E-state index contributed by atoms with van der Waals surface area (Å²) in [5.41, 5.74) is 2.92. The molecule has 0 atom stereocenters. The van der Waals surface area contributed by atoms with E-state index in [0.717, 1.165) is 54.8 Å². The fraction of sp³-hybridized carbons (Fsp3) is 0.417. The Morgan fingerprint density at radius 3 is 2.50 bits per heavy atom. The number of aryl methyl sites for hydroxylation is 2. The Morgan fingerprint density at radius 1 is 1.06 bits per heavy atom. The van der Waals surface area contributed by atoms with Crippen LogP contribution in [0.25, 0.3) is 5.69 Å². The van der Waals surface area contributed by atoms with Gasteiger partial charge in [-0.15, -0.1) is 26.3 Å². The van der Waals surface area contributed by atoms with Gasteiger partial charge in [0.1, 0.15) is 18.5 Å². The van der Waals surface area contributed by atoms with Crippen molar-refractivity contribution in [3.8, 4) is 17.4 Å². The molecule has 9 nitrogen and oxygen atoms in total. The molecule has 0 spiro atoms. The highest BCUT2D eigenvalue weighted by molar-refractivity contribution is 7.09. The van der Waals surface area contributed by atoms with Crippen LogP contribution in [0.2, 0.25) is 0 Å². The maximum absolute atomic E-state index is 6.00. The molecular weight excluding hydrogens is 450 g/mol. The molecule has 1 aliphatic carbocycles. The van der Waals surface area contributed by atoms with Gasteiger partial charge in [-0.3, -0.25) is 0 Å². The van der Waals surface area contributed by atoms with Crippen LogP contribution in [0.1, 0.15) is 60.6 Å². The second kappa shape index (κ2) is 10.3. The molecule has 5 rings (SSSR count). The molecule has 0 bridgehead atoms. The number of benzene rings is 1. The van der Waals surface area contributed by atoms with Crippen molar-refractivity contribution in [1.82, 2.24) is 35.2 Å². The molecule has 0 unspecified atom stereocenters. The Labute approximate surface area is 202 Å². The first-order valence-corrected chi connectivity index (χ1v) is 12.5. The van der Waals surface area contributed by atoms with E-state index < -0.39 is 0 Å². The van der Waals surface area contributed by atoms with Gasteiger partial charge < -0.3 is 9.47 Å². The fourth-order valence-electron chi connectivity index (χ4n) is 3.97. The average molecular weight is 478 g/mol. The zero-order chi connectivity index (χ0) is 23.3. The molecule has 3 aromatic heterocycles. The lowest BCUT2D eigenvalue weighted by atomic mass is 9.88. The van der Waals surface area contributed by atoms with Gasteiger partial charge in [-0.1, -0.05) is 6.92 Å². The van der Waals surface area contributed by atoms with Crippen molar-refractivity contribution in [3.63, 3.8) is 0 Å². The van der Waals surface area contributed by atoms with E-state index in [9.17, 15) is 0 Å². The molecule has 3 heterocycles. The highest BCUT2D eigenvalue weighted by Crippen LogP contribution is 2.35. The number of hydrogen-bond donors (Lipinski definition) is 0. The predicted molar refractivity (Wildman–Crippen MR) is 127 cm³/mol. The summed E-state index contributed by atoms with van der Waals surface area (Å²) < 4.78 is 11.9. The van der Waals surface area contributed by atoms with E-state index in [4.69, 9.17) is 14.5 Å². The van der Waals surface area contributed by atoms with Crippen LogP contribution in [0.15, 0.2) is 42.0 Å². The third kappa shape index (κ3) is 5.39. The standard InChI is InChI=1S/C24H27N7O2S/c1-3-17-12-25-24(26-13-17)33-22-8-4-18(5-9-22)23-27-19(15-34-23)14-32-21-10-6-20(7-11-21)31-29-16(2)28-30-31/h6-7,10-13,15,18,22H,3-5,8-9,14H2,1-2H3. The van der Waals surface area contributed by atoms with E-state index >= 15 is 0 Å². The van der Waals surface area contributed by atoms with Gasteiger partial charge >= 0.3 is 6.01 Å². The van der Waals surface area contributed by atoms with Gasteiger partial charge in [0.05, 0.1) is 16.4 Å². The lowest BCUT2D eigenvalue weighted by molar-refractivity contribution is 0.134. The van der Waals surface area contributed by atoms with E-state index in [-0.39, 0.29) is 6.10 Å². The summed E-state index contributed by atoms with van der Waals surface area (Å²) in [6, 6.07) is 8.11. The number of tetrazole rings is 1. The van der Waals surface area contributed by atoms with Crippen molar-refractivity contribution in [3.05, 3.63) is 64.1 Å². The first-order chi connectivity index (χ1) is 16.7. The zero-order valence-electron chi connectivity index (χ0n) is 19.3. The van der Waals surface area contributed by atoms with Gasteiger partial charge in [0, 0.05) is 23.7 Å². The van der Waals surface area contributed by atoms with Crippen LogP contribution < -0.4 is 9.47 Å². The molecule has 1 aromatic carbocycles. The molecule has 0 saturated heterocycles. The minimum atomic E-state index is 0.172. The highest BCUT2D eigenvalue weighted by Gasteiger charge is 2.26. The predicted octanol–water partition coefficient (Wildman–Crippen LogP) is 4.46. The maximum Gasteiger partial charge on any atom is 0.316 e. The number of rotatable bonds is 8. The third-order valence-corrected chi connectivity index (χ3v) is 6.98. The molecule has 10 heteroatoms. The highest BCUT2D eigenvalue weighted by atomic mass is 32.1. The molecule has 176 valence electrons. The molecule has 4 aromatic rings. The van der Waals surface area contributed by atoms with Gasteiger partial charge in [-0.25, -0.2) is 15.0 Å². The van der Waals surface area contributed by atoms with E-state index in [1.807, 2.05) is 43.6 Å². The molecular formula is C24H27N7O2S. The lowest BCUT2D eigenvalue weighted by Gasteiger charge is -2.27. The summed E-state index contributed by atoms with van der Waals surface area (Å²) in [6.07, 6.45) is 8.88. The summed E-state index contributed by atoms with van der Waals surface area (Å²) in [6.45, 7) is 4.34. The summed E-state index contributed by atoms with van der Waals surface area (Å²) >= 11 is 1.72. The number of hydrogen-bond acceptors (Lipinski definition) is 9. The van der Waals surface area contributed by atoms with Crippen molar-refractivity contribution in [2.24, 2.45) is 0 Å². The smallest absolute Gasteiger partial charge is 0.316 e. The van der Waals surface area contributed by atoms with E-state index in [1.165, 1.54) is 9.80 Å². The van der Waals surface area contributed by atoms with Crippen LogP contribution in [0.5, 0.6) is 11.8 Å². The van der Waals surface area contributed by atoms with Crippen LogP contribution in [-0.4, -0.2) is 41.3 Å². The summed E-state index contributed by atoms with van der Waals surface area (Å²) in [5, 5.41) is 15.4. The van der Waals surface area contributed by atoms with Crippen molar-refractivity contribution in [2.45, 2.75) is 64.6 Å². The first-order valence-electron chi connectivity index (χ1n) is 11.6. The largest absolute Gasteiger partial charge is 0.487 e. The Hall–Kier alpha value is -3.40. The molecule has 0 amide bonds. The van der Waals surface area contributed by atoms with Crippen LogP contribution in [-0.2, 0) is 13.0 Å². The van der Waals surface area contributed by atoms with Crippen molar-refractivity contribution in [1.29, 1.82) is 0 Å². The topological polar surface area (TPSA) is 101 Å². The van der Waals surface area contributed by atoms with Gasteiger partial charge in [0.2, 0.25) is 0 Å². The second-order valence-electron chi connectivity index (χ2n) is 8.40. The van der Waals surface area contributed by atoms with Gasteiger partial charge in [0.15, 0.2) is 5.82 Å². The summed E-state index contributed by atoms with van der Waals surface area (Å²) in [4.78, 5) is 15.0. The second-order valence-corrected chi connectivity index (χ2v) is 9.29. The monoisotopic (exact) mass is 477 g/mol. The van der Waals surface area contributed by atoms with Crippen molar-refractivity contribution in [2.75, 3.05) is 0 Å². The van der Waals surface area contributed by atoms with Gasteiger partial charge in [-0.2, -0.15) is 0 Å². The van der Waals surface area contributed by atoms with E-state index in [0.29, 0.717) is 24.4 Å². The Bertz CT molecular complexity index is 1200. The van der Waals surface area contributed by atoms with Crippen molar-refractivity contribution >= 4 is 11.3 Å². The van der Waals surface area contributed by atoms with Gasteiger partial charge in [-0.05, 0) is 74.1 Å². The molecule has 1 saturated carbocycles.